The first-order chi connectivity index (χ1) is 6.41. The minimum Gasteiger partial charge on any atom is -0.478 e. The van der Waals surface area contributed by atoms with Gasteiger partial charge in [0.2, 0.25) is 0 Å². The molecular weight excluding hydrogens is 184 g/mol. The molecule has 0 aromatic heterocycles. The van der Waals surface area contributed by atoms with Crippen LogP contribution >= 0.6 is 0 Å². The highest BCUT2D eigenvalue weighted by molar-refractivity contribution is 5.85. The highest BCUT2D eigenvalue weighted by Gasteiger charge is 2.27. The van der Waals surface area contributed by atoms with Gasteiger partial charge in [-0.05, 0) is 20.8 Å². The molecule has 1 fully saturated rings. The van der Waals surface area contributed by atoms with Gasteiger partial charge in [0.1, 0.15) is 0 Å². The highest BCUT2D eigenvalue weighted by atomic mass is 16.7. The van der Waals surface area contributed by atoms with E-state index in [-0.39, 0.29) is 5.92 Å². The zero-order chi connectivity index (χ0) is 10.8. The Kier molecular flexibility index (Phi) is 3.29. The van der Waals surface area contributed by atoms with E-state index in [0.717, 1.165) is 0 Å². The van der Waals surface area contributed by atoms with Gasteiger partial charge in [0.05, 0.1) is 13.2 Å². The summed E-state index contributed by atoms with van der Waals surface area (Å²) in [6, 6.07) is 0. The van der Waals surface area contributed by atoms with E-state index in [1.165, 1.54) is 0 Å². The summed E-state index contributed by atoms with van der Waals surface area (Å²) < 4.78 is 10.8. The maximum atomic E-state index is 10.6. The van der Waals surface area contributed by atoms with Crippen molar-refractivity contribution in [1.82, 2.24) is 0 Å². The Morgan fingerprint density at radius 2 is 1.93 bits per heavy atom. The fourth-order valence-electron chi connectivity index (χ4n) is 1.23. The monoisotopic (exact) mass is 200 g/mol. The number of hydrogen-bond acceptors (Lipinski definition) is 3. The predicted molar refractivity (Wildman–Crippen MR) is 50.9 cm³/mol. The number of rotatable bonds is 2. The maximum absolute atomic E-state index is 10.6. The Morgan fingerprint density at radius 1 is 1.43 bits per heavy atom. The van der Waals surface area contributed by atoms with Crippen molar-refractivity contribution in [2.75, 3.05) is 13.2 Å². The molecule has 1 heterocycles. The van der Waals surface area contributed by atoms with Crippen molar-refractivity contribution in [2.45, 2.75) is 26.6 Å². The summed E-state index contributed by atoms with van der Waals surface area (Å²) in [5.74, 6) is -1.39. The van der Waals surface area contributed by atoms with Crippen LogP contribution in [0, 0.1) is 5.92 Å². The van der Waals surface area contributed by atoms with E-state index in [9.17, 15) is 4.79 Å². The average Bonchev–Trinajstić information content (AvgIpc) is 2.08. The zero-order valence-electron chi connectivity index (χ0n) is 8.74. The van der Waals surface area contributed by atoms with Crippen LogP contribution in [0.5, 0.6) is 0 Å². The molecule has 4 nitrogen and oxygen atoms in total. The first-order valence-corrected chi connectivity index (χ1v) is 4.60. The summed E-state index contributed by atoms with van der Waals surface area (Å²) in [7, 11) is 0. The van der Waals surface area contributed by atoms with Crippen molar-refractivity contribution in [1.29, 1.82) is 0 Å². The molecule has 1 rings (SSSR count). The molecule has 0 atom stereocenters. The van der Waals surface area contributed by atoms with Gasteiger partial charge in [0.25, 0.3) is 0 Å². The quantitative estimate of drug-likeness (QED) is 0.685. The number of ether oxygens (including phenoxy) is 2. The third kappa shape index (κ3) is 3.12. The van der Waals surface area contributed by atoms with Crippen LogP contribution in [0.3, 0.4) is 0 Å². The molecule has 0 radical (unpaired) electrons. The molecule has 80 valence electrons. The molecule has 0 saturated carbocycles. The van der Waals surface area contributed by atoms with Crippen molar-refractivity contribution in [3.63, 3.8) is 0 Å². The molecule has 0 amide bonds. The van der Waals surface area contributed by atoms with Crippen LogP contribution in [0.15, 0.2) is 11.6 Å². The lowest BCUT2D eigenvalue weighted by molar-refractivity contribution is -0.256. The van der Waals surface area contributed by atoms with Crippen molar-refractivity contribution in [3.05, 3.63) is 11.6 Å². The van der Waals surface area contributed by atoms with E-state index < -0.39 is 11.8 Å². The topological polar surface area (TPSA) is 55.8 Å². The predicted octanol–water partition coefficient (Wildman–Crippen LogP) is 1.42. The third-order valence-corrected chi connectivity index (χ3v) is 2.11. The fourth-order valence-corrected chi connectivity index (χ4v) is 1.23. The van der Waals surface area contributed by atoms with Gasteiger partial charge in [-0.2, -0.15) is 0 Å². The van der Waals surface area contributed by atoms with Gasteiger partial charge < -0.3 is 14.6 Å². The third-order valence-electron chi connectivity index (χ3n) is 2.11. The van der Waals surface area contributed by atoms with Crippen molar-refractivity contribution < 1.29 is 19.4 Å². The molecule has 14 heavy (non-hydrogen) atoms. The van der Waals surface area contributed by atoms with Crippen LogP contribution in [0.1, 0.15) is 20.8 Å². The lowest BCUT2D eigenvalue weighted by atomic mass is 10.1. The normalized spacial score (nSPS) is 23.5. The van der Waals surface area contributed by atoms with Crippen LogP contribution < -0.4 is 0 Å². The lowest BCUT2D eigenvalue weighted by Gasteiger charge is -2.33. The number of hydrogen-bond donors (Lipinski definition) is 1. The summed E-state index contributed by atoms with van der Waals surface area (Å²) in [5.41, 5.74) is 0.335. The Morgan fingerprint density at radius 3 is 2.36 bits per heavy atom. The number of carboxylic acids is 1. The standard InChI is InChI=1S/C10H16O4/c1-7(9(11)12)4-8-5-13-10(2,3)14-6-8/h4,8H,5-6H2,1-3H3,(H,11,12). The minimum absolute atomic E-state index is 0.0409. The molecule has 1 aliphatic rings. The second kappa shape index (κ2) is 4.11. The first kappa shape index (κ1) is 11.2. The Balaban J connectivity index is 2.51. The summed E-state index contributed by atoms with van der Waals surface area (Å²) in [6.45, 7) is 6.28. The smallest absolute Gasteiger partial charge is 0.330 e. The van der Waals surface area contributed by atoms with Crippen LogP contribution in [-0.4, -0.2) is 30.1 Å². The van der Waals surface area contributed by atoms with Gasteiger partial charge in [-0.25, -0.2) is 4.79 Å². The van der Waals surface area contributed by atoms with Gasteiger partial charge in [0.15, 0.2) is 5.79 Å². The zero-order valence-corrected chi connectivity index (χ0v) is 8.74. The van der Waals surface area contributed by atoms with Crippen LogP contribution in [0.25, 0.3) is 0 Å². The van der Waals surface area contributed by atoms with Gasteiger partial charge in [0, 0.05) is 11.5 Å². The molecule has 0 aromatic carbocycles. The molecule has 0 spiro atoms. The second-order valence-electron chi connectivity index (χ2n) is 3.94. The van der Waals surface area contributed by atoms with Crippen LogP contribution in [-0.2, 0) is 14.3 Å². The number of aliphatic carboxylic acids is 1. The summed E-state index contributed by atoms with van der Waals surface area (Å²) >= 11 is 0. The first-order valence-electron chi connectivity index (χ1n) is 4.60. The summed E-state index contributed by atoms with van der Waals surface area (Å²) in [6.07, 6.45) is 1.68. The van der Waals surface area contributed by atoms with Gasteiger partial charge >= 0.3 is 5.97 Å². The highest BCUT2D eigenvalue weighted by Crippen LogP contribution is 2.21. The van der Waals surface area contributed by atoms with E-state index in [0.29, 0.717) is 18.8 Å². The Bertz CT molecular complexity index is 245. The summed E-state index contributed by atoms with van der Waals surface area (Å²) in [5, 5.41) is 8.67. The van der Waals surface area contributed by atoms with Crippen molar-refractivity contribution >= 4 is 5.97 Å². The second-order valence-corrected chi connectivity index (χ2v) is 3.94. The van der Waals surface area contributed by atoms with E-state index in [4.69, 9.17) is 14.6 Å². The maximum Gasteiger partial charge on any atom is 0.330 e. The molecule has 0 aliphatic carbocycles. The Labute approximate surface area is 83.5 Å². The Hall–Kier alpha value is -0.870. The molecule has 4 heteroatoms. The molecule has 1 saturated heterocycles. The van der Waals surface area contributed by atoms with E-state index in [1.807, 2.05) is 13.8 Å². The lowest BCUT2D eigenvalue weighted by Crippen LogP contribution is -2.38. The van der Waals surface area contributed by atoms with E-state index in [2.05, 4.69) is 0 Å². The molecule has 1 N–H and O–H groups in total. The number of carbonyl (C=O) groups is 1. The van der Waals surface area contributed by atoms with Crippen LogP contribution in [0.2, 0.25) is 0 Å². The molecule has 0 unspecified atom stereocenters. The molecule has 0 bridgehead atoms. The molecule has 0 aromatic rings. The van der Waals surface area contributed by atoms with Crippen molar-refractivity contribution in [3.8, 4) is 0 Å². The van der Waals surface area contributed by atoms with E-state index in [1.54, 1.807) is 13.0 Å². The summed E-state index contributed by atoms with van der Waals surface area (Å²) in [4.78, 5) is 10.6. The van der Waals surface area contributed by atoms with Gasteiger partial charge in [-0.1, -0.05) is 6.08 Å². The minimum atomic E-state index is -0.894. The average molecular weight is 200 g/mol. The largest absolute Gasteiger partial charge is 0.478 e. The fraction of sp³-hybridized carbons (Fsp3) is 0.700. The number of carboxylic acid groups (broad SMARTS) is 1. The molecule has 1 aliphatic heterocycles. The van der Waals surface area contributed by atoms with Crippen LogP contribution in [0.4, 0.5) is 0 Å². The SMILES string of the molecule is CC(=CC1COC(C)(C)OC1)C(=O)O. The van der Waals surface area contributed by atoms with Crippen molar-refractivity contribution in [2.24, 2.45) is 5.92 Å². The van der Waals surface area contributed by atoms with Gasteiger partial charge in [-0.3, -0.25) is 0 Å². The van der Waals surface area contributed by atoms with E-state index >= 15 is 0 Å². The van der Waals surface area contributed by atoms with Gasteiger partial charge in [-0.15, -0.1) is 0 Å². The molecular formula is C10H16O4.